The van der Waals surface area contributed by atoms with E-state index in [1.165, 1.54) is 0 Å². The summed E-state index contributed by atoms with van der Waals surface area (Å²) in [6, 6.07) is 7.02. The number of carbonyl (C=O) groups is 2. The molecular formula is C10H8ClNO2. The van der Waals surface area contributed by atoms with Gasteiger partial charge in [0, 0.05) is 11.4 Å². The van der Waals surface area contributed by atoms with Gasteiger partial charge in [-0.1, -0.05) is 23.7 Å². The molecule has 0 aromatic heterocycles. The van der Waals surface area contributed by atoms with E-state index in [9.17, 15) is 9.59 Å². The number of nitrogens with one attached hydrogen (secondary N) is 1. The highest BCUT2D eigenvalue weighted by Crippen LogP contribution is 2.25. The molecule has 1 aliphatic rings. The van der Waals surface area contributed by atoms with Crippen LogP contribution in [-0.2, 0) is 9.59 Å². The zero-order valence-electron chi connectivity index (χ0n) is 7.29. The molecule has 1 atom stereocenters. The van der Waals surface area contributed by atoms with Crippen molar-refractivity contribution in [3.63, 3.8) is 0 Å². The van der Waals surface area contributed by atoms with Crippen molar-refractivity contribution in [3.8, 4) is 0 Å². The summed E-state index contributed by atoms with van der Waals surface area (Å²) in [5, 5.41) is 2.84. The molecule has 3 nitrogen and oxygen atoms in total. The third-order valence-electron chi connectivity index (χ3n) is 2.22. The Hall–Kier alpha value is -1.35. The first-order valence-electron chi connectivity index (χ1n) is 4.26. The van der Waals surface area contributed by atoms with Gasteiger partial charge in [-0.05, 0) is 17.7 Å². The van der Waals surface area contributed by atoms with E-state index in [1.54, 1.807) is 24.3 Å². The summed E-state index contributed by atoms with van der Waals surface area (Å²) >= 11 is 5.79. The summed E-state index contributed by atoms with van der Waals surface area (Å²) in [5.41, 5.74) is 0.792. The van der Waals surface area contributed by atoms with Gasteiger partial charge in [0.05, 0.1) is 5.92 Å². The molecule has 1 N–H and O–H groups in total. The third kappa shape index (κ3) is 1.63. The first-order chi connectivity index (χ1) is 6.66. The van der Waals surface area contributed by atoms with Crippen LogP contribution in [0.4, 0.5) is 0 Å². The number of halogens is 1. The van der Waals surface area contributed by atoms with Crippen LogP contribution in [0.25, 0.3) is 0 Å². The van der Waals surface area contributed by atoms with E-state index in [0.29, 0.717) is 5.02 Å². The third-order valence-corrected chi connectivity index (χ3v) is 2.45. The van der Waals surface area contributed by atoms with Crippen molar-refractivity contribution in [1.82, 2.24) is 5.32 Å². The quantitative estimate of drug-likeness (QED) is 0.712. The Morgan fingerprint density at radius 1 is 1.36 bits per heavy atom. The van der Waals surface area contributed by atoms with Crippen LogP contribution < -0.4 is 5.32 Å². The molecule has 0 spiro atoms. The number of hydrogen-bond acceptors (Lipinski definition) is 2. The van der Waals surface area contributed by atoms with E-state index < -0.39 is 0 Å². The van der Waals surface area contributed by atoms with Gasteiger partial charge in [-0.3, -0.25) is 14.9 Å². The normalized spacial score (nSPS) is 21.1. The van der Waals surface area contributed by atoms with Gasteiger partial charge < -0.3 is 0 Å². The lowest BCUT2D eigenvalue weighted by molar-refractivity contribution is -0.125. The van der Waals surface area contributed by atoms with Crippen molar-refractivity contribution in [1.29, 1.82) is 0 Å². The van der Waals surface area contributed by atoms with E-state index >= 15 is 0 Å². The van der Waals surface area contributed by atoms with Crippen LogP contribution in [0.5, 0.6) is 0 Å². The molecule has 1 aromatic carbocycles. The minimum atomic E-state index is -0.374. The van der Waals surface area contributed by atoms with Crippen molar-refractivity contribution in [2.45, 2.75) is 12.3 Å². The fraction of sp³-hybridized carbons (Fsp3) is 0.200. The monoisotopic (exact) mass is 209 g/mol. The molecule has 4 heteroatoms. The Balaban J connectivity index is 2.31. The number of benzene rings is 1. The predicted molar refractivity (Wildman–Crippen MR) is 52.0 cm³/mol. The largest absolute Gasteiger partial charge is 0.296 e. The molecule has 0 saturated carbocycles. The van der Waals surface area contributed by atoms with Gasteiger partial charge in [0.2, 0.25) is 11.8 Å². The maximum absolute atomic E-state index is 11.3. The van der Waals surface area contributed by atoms with Crippen LogP contribution in [0.3, 0.4) is 0 Å². The van der Waals surface area contributed by atoms with Crippen molar-refractivity contribution < 1.29 is 9.59 Å². The molecule has 72 valence electrons. The topological polar surface area (TPSA) is 46.2 Å². The molecule has 0 bridgehead atoms. The van der Waals surface area contributed by atoms with E-state index in [0.717, 1.165) is 5.56 Å². The molecule has 1 heterocycles. The second kappa shape index (κ2) is 3.42. The minimum absolute atomic E-state index is 0.221. The maximum atomic E-state index is 11.3. The van der Waals surface area contributed by atoms with Gasteiger partial charge in [-0.15, -0.1) is 0 Å². The molecule has 14 heavy (non-hydrogen) atoms. The van der Waals surface area contributed by atoms with E-state index in [1.807, 2.05) is 0 Å². The summed E-state index contributed by atoms with van der Waals surface area (Å²) < 4.78 is 0. The molecule has 1 saturated heterocycles. The zero-order chi connectivity index (χ0) is 10.1. The number of amides is 2. The fourth-order valence-electron chi connectivity index (χ4n) is 1.55. The Bertz CT molecular complexity index is 403. The standard InChI is InChI=1S/C10H8ClNO2/c11-7-3-1-2-6(4-7)8-5-9(13)12-10(8)14/h1-4,8H,5H2,(H,12,13,14). The van der Waals surface area contributed by atoms with Crippen LogP contribution >= 0.6 is 11.6 Å². The summed E-state index contributed by atoms with van der Waals surface area (Å²) in [4.78, 5) is 22.3. The molecule has 1 fully saturated rings. The first-order valence-corrected chi connectivity index (χ1v) is 4.64. The van der Waals surface area contributed by atoms with Crippen LogP contribution in [0.1, 0.15) is 17.9 Å². The Kier molecular flexibility index (Phi) is 2.25. The number of rotatable bonds is 1. The molecule has 1 aliphatic heterocycles. The lowest BCUT2D eigenvalue weighted by Gasteiger charge is -2.05. The average Bonchev–Trinajstić information content (AvgIpc) is 2.45. The van der Waals surface area contributed by atoms with E-state index in [4.69, 9.17) is 11.6 Å². The Labute approximate surface area is 86.1 Å². The summed E-state index contributed by atoms with van der Waals surface area (Å²) in [6.45, 7) is 0. The smallest absolute Gasteiger partial charge is 0.234 e. The van der Waals surface area contributed by atoms with Crippen molar-refractivity contribution in [2.24, 2.45) is 0 Å². The van der Waals surface area contributed by atoms with Gasteiger partial charge >= 0.3 is 0 Å². The second-order valence-corrected chi connectivity index (χ2v) is 3.66. The van der Waals surface area contributed by atoms with Crippen molar-refractivity contribution in [3.05, 3.63) is 34.9 Å². The molecule has 2 rings (SSSR count). The van der Waals surface area contributed by atoms with Crippen LogP contribution in [0.2, 0.25) is 5.02 Å². The van der Waals surface area contributed by atoms with E-state index in [-0.39, 0.29) is 24.2 Å². The highest BCUT2D eigenvalue weighted by molar-refractivity contribution is 6.30. The number of carbonyl (C=O) groups excluding carboxylic acids is 2. The summed E-state index contributed by atoms with van der Waals surface area (Å²) in [5.74, 6) is -0.835. The minimum Gasteiger partial charge on any atom is -0.296 e. The maximum Gasteiger partial charge on any atom is 0.234 e. The lowest BCUT2D eigenvalue weighted by atomic mass is 9.98. The van der Waals surface area contributed by atoms with Crippen LogP contribution in [-0.4, -0.2) is 11.8 Å². The molecule has 0 aliphatic carbocycles. The lowest BCUT2D eigenvalue weighted by Crippen LogP contribution is -2.21. The average molecular weight is 210 g/mol. The predicted octanol–water partition coefficient (Wildman–Crippen LogP) is 1.47. The Morgan fingerprint density at radius 2 is 2.14 bits per heavy atom. The van der Waals surface area contributed by atoms with Gasteiger partial charge in [0.25, 0.3) is 0 Å². The molecular weight excluding hydrogens is 202 g/mol. The van der Waals surface area contributed by atoms with Crippen molar-refractivity contribution in [2.75, 3.05) is 0 Å². The Morgan fingerprint density at radius 3 is 2.71 bits per heavy atom. The van der Waals surface area contributed by atoms with Crippen molar-refractivity contribution >= 4 is 23.4 Å². The SMILES string of the molecule is O=C1CC(c2cccc(Cl)c2)C(=O)N1. The van der Waals surface area contributed by atoms with Gasteiger partial charge in [0.1, 0.15) is 0 Å². The molecule has 1 unspecified atom stereocenters. The highest BCUT2D eigenvalue weighted by Gasteiger charge is 2.31. The molecule has 1 aromatic rings. The van der Waals surface area contributed by atoms with Gasteiger partial charge in [-0.2, -0.15) is 0 Å². The highest BCUT2D eigenvalue weighted by atomic mass is 35.5. The number of imide groups is 1. The van der Waals surface area contributed by atoms with Gasteiger partial charge in [0.15, 0.2) is 0 Å². The molecule has 2 amide bonds. The van der Waals surface area contributed by atoms with Crippen LogP contribution in [0.15, 0.2) is 24.3 Å². The fourth-order valence-corrected chi connectivity index (χ4v) is 1.74. The van der Waals surface area contributed by atoms with Gasteiger partial charge in [-0.25, -0.2) is 0 Å². The molecule has 0 radical (unpaired) electrons. The van der Waals surface area contributed by atoms with E-state index in [2.05, 4.69) is 5.32 Å². The van der Waals surface area contributed by atoms with Crippen LogP contribution in [0, 0.1) is 0 Å². The first kappa shape index (κ1) is 9.21. The number of hydrogen-bond donors (Lipinski definition) is 1. The summed E-state index contributed by atoms with van der Waals surface area (Å²) in [7, 11) is 0. The second-order valence-electron chi connectivity index (χ2n) is 3.22. The zero-order valence-corrected chi connectivity index (χ0v) is 8.04. The summed E-state index contributed by atoms with van der Waals surface area (Å²) in [6.07, 6.45) is 0.221.